The van der Waals surface area contributed by atoms with Gasteiger partial charge in [0.1, 0.15) is 4.75 Å². The Bertz CT molecular complexity index is 579. The summed E-state index contributed by atoms with van der Waals surface area (Å²) in [5.74, 6) is -4.60. The first-order chi connectivity index (χ1) is 7.98. The van der Waals surface area contributed by atoms with Crippen molar-refractivity contribution < 1.29 is 32.6 Å². The number of hydrogen-bond donors (Lipinski definition) is 2. The zero-order valence-electron chi connectivity index (χ0n) is 9.79. The van der Waals surface area contributed by atoms with Gasteiger partial charge in [-0.3, -0.25) is 0 Å². The molecule has 0 aliphatic rings. The first kappa shape index (κ1) is 14.2. The molecule has 0 saturated carbocycles. The smallest absolute Gasteiger partial charge is 0.374 e. The minimum atomic E-state index is -3.65. The third-order valence-electron chi connectivity index (χ3n) is 2.47. The Balaban J connectivity index is 3.52. The van der Waals surface area contributed by atoms with Crippen LogP contribution in [0.2, 0.25) is 0 Å². The summed E-state index contributed by atoms with van der Waals surface area (Å²) in [5, 5.41) is 17.5. The predicted molar refractivity (Wildman–Crippen MR) is 58.3 cm³/mol. The summed E-state index contributed by atoms with van der Waals surface area (Å²) in [7, 11) is -3.65. The molecule has 1 heterocycles. The van der Waals surface area contributed by atoms with Gasteiger partial charge in [0.05, 0.1) is 0 Å². The van der Waals surface area contributed by atoms with Gasteiger partial charge in [-0.05, 0) is 13.8 Å². The first-order valence-corrected chi connectivity index (χ1v) is 6.55. The lowest BCUT2D eigenvalue weighted by molar-refractivity contribution is 0.0622. The monoisotopic (exact) mass is 277 g/mol. The lowest BCUT2D eigenvalue weighted by Gasteiger charge is -2.17. The molecule has 0 aliphatic heterocycles. The number of aromatic carboxylic acids is 2. The lowest BCUT2D eigenvalue weighted by Crippen LogP contribution is -2.28. The minimum Gasteiger partial charge on any atom is -0.476 e. The topological polar surface area (TPSA) is 135 Å². The van der Waals surface area contributed by atoms with Crippen molar-refractivity contribution in [3.8, 4) is 0 Å². The highest BCUT2D eigenvalue weighted by molar-refractivity contribution is 7.91. The van der Waals surface area contributed by atoms with E-state index in [9.17, 15) is 18.0 Å². The molecule has 0 radical (unpaired) electrons. The van der Waals surface area contributed by atoms with E-state index in [4.69, 9.17) is 14.6 Å². The standard InChI is InChI=1S/C9H11NO7S/c1-9(2,18(3,15)16)8-10-4(6(11)12)5(17-8)7(13)14/h1-3H3,(H,11,12)(H,13,14). The van der Waals surface area contributed by atoms with Crippen molar-refractivity contribution in [1.82, 2.24) is 4.98 Å². The fourth-order valence-electron chi connectivity index (χ4n) is 1.03. The van der Waals surface area contributed by atoms with E-state index in [-0.39, 0.29) is 0 Å². The Kier molecular flexibility index (Phi) is 3.22. The maximum Gasteiger partial charge on any atom is 0.374 e. The Morgan fingerprint density at radius 2 is 1.72 bits per heavy atom. The Morgan fingerprint density at radius 1 is 1.22 bits per heavy atom. The van der Waals surface area contributed by atoms with Crippen LogP contribution in [0.5, 0.6) is 0 Å². The number of nitrogens with zero attached hydrogens (tertiary/aromatic N) is 1. The number of rotatable bonds is 4. The van der Waals surface area contributed by atoms with Crippen molar-refractivity contribution in [3.63, 3.8) is 0 Å². The van der Waals surface area contributed by atoms with E-state index in [1.165, 1.54) is 13.8 Å². The van der Waals surface area contributed by atoms with Gasteiger partial charge in [0.15, 0.2) is 9.84 Å². The molecule has 100 valence electrons. The SMILES string of the molecule is CC(C)(c1nc(C(=O)O)c(C(=O)O)o1)S(C)(=O)=O. The van der Waals surface area contributed by atoms with Gasteiger partial charge in [0.2, 0.25) is 17.3 Å². The van der Waals surface area contributed by atoms with Crippen LogP contribution in [0.4, 0.5) is 0 Å². The van der Waals surface area contributed by atoms with Crippen LogP contribution < -0.4 is 0 Å². The molecule has 0 saturated heterocycles. The summed E-state index contributed by atoms with van der Waals surface area (Å²) in [4.78, 5) is 25.0. The molecule has 1 aromatic heterocycles. The summed E-state index contributed by atoms with van der Waals surface area (Å²) < 4.78 is 26.2. The Morgan fingerprint density at radius 3 is 2.00 bits per heavy atom. The fourth-order valence-corrected chi connectivity index (χ4v) is 1.43. The van der Waals surface area contributed by atoms with Crippen LogP contribution in [0.15, 0.2) is 4.42 Å². The van der Waals surface area contributed by atoms with E-state index >= 15 is 0 Å². The summed E-state index contributed by atoms with van der Waals surface area (Å²) in [6.45, 7) is 2.48. The summed E-state index contributed by atoms with van der Waals surface area (Å²) >= 11 is 0. The number of oxazole rings is 1. The molecule has 8 nitrogen and oxygen atoms in total. The fraction of sp³-hybridized carbons (Fsp3) is 0.444. The van der Waals surface area contributed by atoms with Crippen LogP contribution in [0, 0.1) is 0 Å². The molecule has 0 unspecified atom stereocenters. The lowest BCUT2D eigenvalue weighted by atomic mass is 10.2. The maximum absolute atomic E-state index is 11.5. The number of hydrogen-bond acceptors (Lipinski definition) is 6. The highest BCUT2D eigenvalue weighted by Gasteiger charge is 2.40. The van der Waals surface area contributed by atoms with Crippen LogP contribution >= 0.6 is 0 Å². The van der Waals surface area contributed by atoms with E-state index < -0.39 is 43.9 Å². The van der Waals surface area contributed by atoms with Crippen LogP contribution in [0.25, 0.3) is 0 Å². The Labute approximate surface area is 102 Å². The maximum atomic E-state index is 11.5. The molecule has 0 atom stereocenters. The minimum absolute atomic E-state index is 0.472. The van der Waals surface area contributed by atoms with Crippen molar-refractivity contribution >= 4 is 21.8 Å². The van der Waals surface area contributed by atoms with Crippen molar-refractivity contribution in [2.24, 2.45) is 0 Å². The molecule has 0 bridgehead atoms. The molecular formula is C9H11NO7S. The third kappa shape index (κ3) is 2.21. The number of aromatic nitrogens is 1. The van der Waals surface area contributed by atoms with Crippen molar-refractivity contribution in [1.29, 1.82) is 0 Å². The van der Waals surface area contributed by atoms with E-state index in [1.807, 2.05) is 0 Å². The van der Waals surface area contributed by atoms with Gasteiger partial charge in [-0.2, -0.15) is 0 Å². The molecule has 0 spiro atoms. The summed E-state index contributed by atoms with van der Waals surface area (Å²) in [5.41, 5.74) is -0.825. The van der Waals surface area contributed by atoms with E-state index in [1.54, 1.807) is 0 Å². The van der Waals surface area contributed by atoms with E-state index in [2.05, 4.69) is 4.98 Å². The molecule has 1 aromatic rings. The van der Waals surface area contributed by atoms with Crippen molar-refractivity contribution in [3.05, 3.63) is 17.3 Å². The van der Waals surface area contributed by atoms with Gasteiger partial charge in [-0.25, -0.2) is 23.0 Å². The van der Waals surface area contributed by atoms with Crippen LogP contribution in [0.3, 0.4) is 0 Å². The van der Waals surface area contributed by atoms with Gasteiger partial charge < -0.3 is 14.6 Å². The molecule has 0 amide bonds. The second-order valence-corrected chi connectivity index (χ2v) is 6.65. The largest absolute Gasteiger partial charge is 0.476 e. The zero-order valence-corrected chi connectivity index (χ0v) is 10.6. The number of carbonyl (C=O) groups is 2. The highest BCUT2D eigenvalue weighted by Crippen LogP contribution is 2.29. The molecule has 9 heteroatoms. The Hall–Kier alpha value is -1.90. The molecule has 18 heavy (non-hydrogen) atoms. The number of carboxylic acids is 2. The third-order valence-corrected chi connectivity index (χ3v) is 4.49. The second kappa shape index (κ2) is 4.09. The average Bonchev–Trinajstić information content (AvgIpc) is 2.60. The molecule has 2 N–H and O–H groups in total. The molecule has 0 fully saturated rings. The van der Waals surface area contributed by atoms with Crippen molar-refractivity contribution in [2.75, 3.05) is 6.26 Å². The van der Waals surface area contributed by atoms with Crippen LogP contribution in [-0.4, -0.2) is 41.8 Å². The van der Waals surface area contributed by atoms with Gasteiger partial charge in [-0.15, -0.1) is 0 Å². The van der Waals surface area contributed by atoms with Gasteiger partial charge in [0, 0.05) is 6.26 Å². The number of carboxylic acid groups (broad SMARTS) is 2. The second-order valence-electron chi connectivity index (χ2n) is 4.09. The number of sulfone groups is 1. The van der Waals surface area contributed by atoms with Gasteiger partial charge in [-0.1, -0.05) is 0 Å². The van der Waals surface area contributed by atoms with E-state index in [0.717, 1.165) is 6.26 Å². The molecule has 1 rings (SSSR count). The van der Waals surface area contributed by atoms with Crippen molar-refractivity contribution in [2.45, 2.75) is 18.6 Å². The van der Waals surface area contributed by atoms with Gasteiger partial charge >= 0.3 is 11.9 Å². The molecule has 0 aromatic carbocycles. The summed E-state index contributed by atoms with van der Waals surface area (Å²) in [6.07, 6.45) is 0.915. The van der Waals surface area contributed by atoms with Crippen LogP contribution in [-0.2, 0) is 14.6 Å². The van der Waals surface area contributed by atoms with Gasteiger partial charge in [0.25, 0.3) is 0 Å². The van der Waals surface area contributed by atoms with E-state index in [0.29, 0.717) is 0 Å². The first-order valence-electron chi connectivity index (χ1n) is 4.66. The highest BCUT2D eigenvalue weighted by atomic mass is 32.2. The normalized spacial score (nSPS) is 12.4. The summed E-state index contributed by atoms with van der Waals surface area (Å²) in [6, 6.07) is 0. The van der Waals surface area contributed by atoms with Crippen LogP contribution in [0.1, 0.15) is 40.8 Å². The average molecular weight is 277 g/mol. The quantitative estimate of drug-likeness (QED) is 0.804. The molecule has 0 aliphatic carbocycles. The molecular weight excluding hydrogens is 266 g/mol. The predicted octanol–water partition coefficient (Wildman–Crippen LogP) is 0.351. The zero-order chi connectivity index (χ0) is 14.3.